The minimum Gasteiger partial charge on any atom is -0.253 e. The van der Waals surface area contributed by atoms with Crippen molar-refractivity contribution in [2.24, 2.45) is 15.0 Å². The van der Waals surface area contributed by atoms with Crippen LogP contribution in [0.1, 0.15) is 6.92 Å². The van der Waals surface area contributed by atoms with Crippen LogP contribution in [0, 0.1) is 0 Å². The summed E-state index contributed by atoms with van der Waals surface area (Å²) in [5.74, 6) is 0.560. The van der Waals surface area contributed by atoms with Crippen LogP contribution in [0.3, 0.4) is 0 Å². The van der Waals surface area contributed by atoms with Gasteiger partial charge in [0.15, 0.2) is 5.82 Å². The Bertz CT molecular complexity index is 265. The highest BCUT2D eigenvalue weighted by molar-refractivity contribution is 5.81. The minimum absolute atomic E-state index is 0.560. The Hall–Kier alpha value is -1.47. The molecule has 1 heterocycles. The standard InChI is InChI=1S/C7H7N3/c1-6-3-7(9-4-6)10-5-8-2/h4-5H,2H2,1H3. The molecular formula is C7H7N3. The highest BCUT2D eigenvalue weighted by Crippen LogP contribution is 2.04. The Kier molecular flexibility index (Phi) is 1.92. The van der Waals surface area contributed by atoms with Crippen molar-refractivity contribution >= 4 is 19.3 Å². The molecule has 0 aromatic carbocycles. The van der Waals surface area contributed by atoms with E-state index in [9.17, 15) is 0 Å². The van der Waals surface area contributed by atoms with Gasteiger partial charge in [0.25, 0.3) is 0 Å². The van der Waals surface area contributed by atoms with Gasteiger partial charge in [-0.25, -0.2) is 9.98 Å². The number of hydrogen-bond acceptors (Lipinski definition) is 2. The fraction of sp³-hybridized carbons (Fsp3) is 0.143. The van der Waals surface area contributed by atoms with Crippen LogP contribution in [0.25, 0.3) is 0 Å². The lowest BCUT2D eigenvalue weighted by Crippen LogP contribution is -1.67. The summed E-state index contributed by atoms with van der Waals surface area (Å²) in [4.78, 5) is 11.2. The van der Waals surface area contributed by atoms with E-state index in [2.05, 4.69) is 27.4 Å². The summed E-state index contributed by atoms with van der Waals surface area (Å²) in [6.45, 7) is 5.15. The Morgan fingerprint density at radius 3 is 3.10 bits per heavy atom. The zero-order valence-corrected chi connectivity index (χ0v) is 5.70. The van der Waals surface area contributed by atoms with Gasteiger partial charge in [0.1, 0.15) is 6.34 Å². The largest absolute Gasteiger partial charge is 0.253 e. The van der Waals surface area contributed by atoms with Crippen molar-refractivity contribution < 1.29 is 0 Å². The first kappa shape index (κ1) is 6.65. The molecule has 0 N–H and O–H groups in total. The van der Waals surface area contributed by atoms with Crippen LogP contribution in [-0.2, 0) is 0 Å². The molecule has 3 heteroatoms. The van der Waals surface area contributed by atoms with Crippen molar-refractivity contribution in [1.82, 2.24) is 0 Å². The van der Waals surface area contributed by atoms with E-state index in [1.165, 1.54) is 6.34 Å². The molecule has 0 bridgehead atoms. The van der Waals surface area contributed by atoms with Crippen LogP contribution in [0.2, 0.25) is 0 Å². The molecule has 1 aliphatic heterocycles. The van der Waals surface area contributed by atoms with Crippen molar-refractivity contribution in [3.05, 3.63) is 17.1 Å². The zero-order chi connectivity index (χ0) is 7.40. The van der Waals surface area contributed by atoms with Gasteiger partial charge >= 0.3 is 0 Å². The molecule has 0 saturated carbocycles. The fourth-order valence-electron chi connectivity index (χ4n) is 0.560. The maximum absolute atomic E-state index is 3.91. The molecule has 0 aliphatic carbocycles. The van der Waals surface area contributed by atoms with Gasteiger partial charge in [0.2, 0.25) is 0 Å². The molecule has 0 unspecified atom stereocenters. The minimum atomic E-state index is 0.560. The third kappa shape index (κ3) is 1.50. The van der Waals surface area contributed by atoms with Crippen molar-refractivity contribution in [1.29, 1.82) is 0 Å². The average molecular weight is 133 g/mol. The third-order valence-corrected chi connectivity index (χ3v) is 0.951. The molecule has 0 amide bonds. The lowest BCUT2D eigenvalue weighted by molar-refractivity contribution is 1.28. The molecule has 10 heavy (non-hydrogen) atoms. The molecule has 0 radical (unpaired) electrons. The van der Waals surface area contributed by atoms with Crippen molar-refractivity contribution in [3.63, 3.8) is 0 Å². The second kappa shape index (κ2) is 2.90. The number of rotatable bonds is 2. The molecule has 0 saturated heterocycles. The summed E-state index contributed by atoms with van der Waals surface area (Å²) >= 11 is 0. The van der Waals surface area contributed by atoms with E-state index >= 15 is 0 Å². The molecule has 0 aromatic rings. The van der Waals surface area contributed by atoms with E-state index in [0.717, 1.165) is 5.57 Å². The fourth-order valence-corrected chi connectivity index (χ4v) is 0.560. The maximum atomic E-state index is 3.91. The quantitative estimate of drug-likeness (QED) is 0.308. The highest BCUT2D eigenvalue weighted by Gasteiger charge is 1.93. The third-order valence-electron chi connectivity index (χ3n) is 0.951. The molecule has 0 fully saturated rings. The highest BCUT2D eigenvalue weighted by atomic mass is 15.0. The van der Waals surface area contributed by atoms with Gasteiger partial charge in [0, 0.05) is 11.8 Å². The lowest BCUT2D eigenvalue weighted by Gasteiger charge is -1.78. The van der Waals surface area contributed by atoms with E-state index in [-0.39, 0.29) is 0 Å². The van der Waals surface area contributed by atoms with Crippen LogP contribution in [0.15, 0.2) is 32.1 Å². The van der Waals surface area contributed by atoms with E-state index in [1.54, 1.807) is 6.21 Å². The molecular weight excluding hydrogens is 126 g/mol. The monoisotopic (exact) mass is 133 g/mol. The molecule has 1 aliphatic rings. The predicted octanol–water partition coefficient (Wildman–Crippen LogP) is 1.19. The van der Waals surface area contributed by atoms with Crippen LogP contribution in [0.5, 0.6) is 0 Å². The van der Waals surface area contributed by atoms with Crippen LogP contribution >= 0.6 is 0 Å². The van der Waals surface area contributed by atoms with Gasteiger partial charge in [-0.2, -0.15) is 0 Å². The van der Waals surface area contributed by atoms with Gasteiger partial charge in [-0.05, 0) is 13.6 Å². The predicted molar refractivity (Wildman–Crippen MR) is 42.7 cm³/mol. The van der Waals surface area contributed by atoms with E-state index < -0.39 is 0 Å². The molecule has 0 aromatic heterocycles. The van der Waals surface area contributed by atoms with Gasteiger partial charge in [-0.1, -0.05) is 5.73 Å². The summed E-state index contributed by atoms with van der Waals surface area (Å²) in [6, 6.07) is 0. The molecule has 3 nitrogen and oxygen atoms in total. The SMILES string of the molecule is C=NC=NC1=C=C(C)C=N1. The van der Waals surface area contributed by atoms with E-state index in [1.807, 2.05) is 6.92 Å². The Labute approximate surface area is 59.2 Å². The normalized spacial score (nSPS) is 15.7. The maximum Gasteiger partial charge on any atom is 0.198 e. The molecule has 50 valence electrons. The number of aliphatic imine (C=N–C) groups is 3. The van der Waals surface area contributed by atoms with Crippen molar-refractivity contribution in [2.45, 2.75) is 6.92 Å². The van der Waals surface area contributed by atoms with Crippen molar-refractivity contribution in [2.75, 3.05) is 0 Å². The van der Waals surface area contributed by atoms with Crippen LogP contribution in [-0.4, -0.2) is 19.3 Å². The molecule has 1 rings (SSSR count). The Balaban J connectivity index is 2.78. The van der Waals surface area contributed by atoms with E-state index in [0.29, 0.717) is 5.82 Å². The van der Waals surface area contributed by atoms with Crippen LogP contribution < -0.4 is 0 Å². The summed E-state index contributed by atoms with van der Waals surface area (Å²) < 4.78 is 0. The van der Waals surface area contributed by atoms with Gasteiger partial charge in [-0.15, -0.1) is 0 Å². The van der Waals surface area contributed by atoms with Gasteiger partial charge in [-0.3, -0.25) is 4.99 Å². The van der Waals surface area contributed by atoms with Crippen LogP contribution in [0.4, 0.5) is 0 Å². The number of hydrogen-bond donors (Lipinski definition) is 0. The summed E-state index contributed by atoms with van der Waals surface area (Å²) in [5.41, 5.74) is 3.90. The smallest absolute Gasteiger partial charge is 0.198 e. The Morgan fingerprint density at radius 1 is 1.80 bits per heavy atom. The zero-order valence-electron chi connectivity index (χ0n) is 5.70. The first-order valence-electron chi connectivity index (χ1n) is 2.83. The van der Waals surface area contributed by atoms with Crippen molar-refractivity contribution in [3.8, 4) is 0 Å². The van der Waals surface area contributed by atoms with E-state index in [4.69, 9.17) is 0 Å². The van der Waals surface area contributed by atoms with Gasteiger partial charge < -0.3 is 0 Å². The summed E-state index contributed by atoms with van der Waals surface area (Å²) in [5, 5.41) is 0. The average Bonchev–Trinajstić information content (AvgIpc) is 2.31. The van der Waals surface area contributed by atoms with Gasteiger partial charge in [0.05, 0.1) is 0 Å². The second-order valence-electron chi connectivity index (χ2n) is 1.82. The second-order valence-corrected chi connectivity index (χ2v) is 1.82. The summed E-state index contributed by atoms with van der Waals surface area (Å²) in [7, 11) is 0. The first-order valence-corrected chi connectivity index (χ1v) is 2.83. The number of allylic oxidation sites excluding steroid dienone is 1. The summed E-state index contributed by atoms with van der Waals surface area (Å²) in [6.07, 6.45) is 3.05. The molecule has 0 atom stereocenters. The Morgan fingerprint density at radius 2 is 2.60 bits per heavy atom. The lowest BCUT2D eigenvalue weighted by atomic mass is 10.4. The number of nitrogens with zero attached hydrogens (tertiary/aromatic N) is 3. The first-order chi connectivity index (χ1) is 4.83. The molecule has 0 spiro atoms. The topological polar surface area (TPSA) is 37.1 Å².